The highest BCUT2D eigenvalue weighted by molar-refractivity contribution is 7.27. The molecule has 0 aliphatic heterocycles. The molecule has 0 amide bonds. The first-order valence-electron chi connectivity index (χ1n) is 21.0. The zero-order chi connectivity index (χ0) is 39.7. The predicted molar refractivity (Wildman–Crippen MR) is 261 cm³/mol. The number of fused-ring (bicyclic) bond motifs is 14. The average Bonchev–Trinajstić information content (AvgIpc) is 3.78. The third-order valence-corrected chi connectivity index (χ3v) is 14.8. The van der Waals surface area contributed by atoms with Crippen molar-refractivity contribution in [1.82, 2.24) is 0 Å². The first-order chi connectivity index (χ1) is 29.5. The largest absolute Gasteiger partial charge is 0.134 e. The fraction of sp³-hybridized carbons (Fsp3) is 0.0508. The van der Waals surface area contributed by atoms with E-state index in [0.717, 1.165) is 0 Å². The predicted octanol–water partition coefficient (Wildman–Crippen LogP) is 17.1. The van der Waals surface area contributed by atoms with E-state index in [4.69, 9.17) is 0 Å². The van der Waals surface area contributed by atoms with E-state index in [2.05, 4.69) is 208 Å². The molecule has 11 aromatic carbocycles. The van der Waals surface area contributed by atoms with Crippen LogP contribution in [0.4, 0.5) is 0 Å². The third kappa shape index (κ3) is 4.73. The summed E-state index contributed by atoms with van der Waals surface area (Å²) >= 11 is 1.93. The molecule has 1 aromatic heterocycles. The number of thiophene rings is 1. The van der Waals surface area contributed by atoms with Crippen LogP contribution in [0, 0.1) is 0 Å². The van der Waals surface area contributed by atoms with Crippen molar-refractivity contribution in [1.29, 1.82) is 0 Å². The van der Waals surface area contributed by atoms with Gasteiger partial charge < -0.3 is 0 Å². The lowest BCUT2D eigenvalue weighted by molar-refractivity contribution is 0.660. The molecular weight excluding hydrogens is 741 g/mol. The Morgan fingerprint density at radius 2 is 0.867 bits per heavy atom. The third-order valence-electron chi connectivity index (χ3n) is 13.6. The van der Waals surface area contributed by atoms with E-state index in [9.17, 15) is 0 Å². The van der Waals surface area contributed by atoms with E-state index in [0.29, 0.717) is 0 Å². The quantitative estimate of drug-likeness (QED) is 0.124. The van der Waals surface area contributed by atoms with E-state index in [1.54, 1.807) is 0 Å². The molecule has 0 fully saturated rings. The zero-order valence-corrected chi connectivity index (χ0v) is 34.2. The van der Waals surface area contributed by atoms with Gasteiger partial charge in [0.2, 0.25) is 0 Å². The minimum absolute atomic E-state index is 0.0210. The Bertz CT molecular complexity index is 3730. The molecule has 0 saturated heterocycles. The highest BCUT2D eigenvalue weighted by atomic mass is 32.1. The van der Waals surface area contributed by atoms with Gasteiger partial charge in [-0.2, -0.15) is 0 Å². The van der Waals surface area contributed by atoms with E-state index >= 15 is 0 Å². The Labute approximate surface area is 352 Å². The van der Waals surface area contributed by atoms with Crippen LogP contribution in [0.5, 0.6) is 0 Å². The molecule has 1 aliphatic rings. The second-order valence-electron chi connectivity index (χ2n) is 17.2. The molecule has 0 radical (unpaired) electrons. The lowest BCUT2D eigenvalue weighted by Gasteiger charge is -2.22. The van der Waals surface area contributed by atoms with Gasteiger partial charge in [0, 0.05) is 31.0 Å². The van der Waals surface area contributed by atoms with Crippen LogP contribution in [0.3, 0.4) is 0 Å². The first kappa shape index (κ1) is 33.9. The summed E-state index contributed by atoms with van der Waals surface area (Å²) in [6.07, 6.45) is 0. The number of hydrogen-bond acceptors (Lipinski definition) is 1. The Morgan fingerprint density at radius 3 is 1.58 bits per heavy atom. The van der Waals surface area contributed by atoms with Crippen LogP contribution in [-0.2, 0) is 5.41 Å². The van der Waals surface area contributed by atoms with Crippen molar-refractivity contribution >= 4 is 85.4 Å². The van der Waals surface area contributed by atoms with Crippen LogP contribution in [-0.4, -0.2) is 0 Å². The van der Waals surface area contributed by atoms with Gasteiger partial charge in [0.05, 0.1) is 0 Å². The molecule has 280 valence electrons. The van der Waals surface area contributed by atoms with Crippen molar-refractivity contribution in [2.75, 3.05) is 0 Å². The van der Waals surface area contributed by atoms with E-state index < -0.39 is 0 Å². The van der Waals surface area contributed by atoms with E-state index in [1.807, 2.05) is 11.3 Å². The topological polar surface area (TPSA) is 0 Å². The summed E-state index contributed by atoms with van der Waals surface area (Å²) in [7, 11) is 0. The van der Waals surface area contributed by atoms with E-state index in [1.165, 1.54) is 130 Å². The molecule has 13 rings (SSSR count). The molecule has 60 heavy (non-hydrogen) atoms. The SMILES string of the molecule is CC1(C)c2ccccc2-c2cc(-c3c4ccccc4c(-c4ccc(-c5ccc6c(c5)c5ccccc5c5c7cc8ccccc8cc7sc65)cc4)c4ccccc34)ccc21. The van der Waals surface area contributed by atoms with Gasteiger partial charge in [-0.1, -0.05) is 184 Å². The molecule has 0 N–H and O–H groups in total. The summed E-state index contributed by atoms with van der Waals surface area (Å²) in [6.45, 7) is 4.71. The Hall–Kier alpha value is -7.06. The normalized spacial score (nSPS) is 13.3. The number of hydrogen-bond donors (Lipinski definition) is 0. The molecule has 1 heteroatoms. The Balaban J connectivity index is 0.957. The molecule has 0 bridgehead atoms. The van der Waals surface area contributed by atoms with Crippen molar-refractivity contribution in [2.45, 2.75) is 19.3 Å². The molecule has 1 heterocycles. The van der Waals surface area contributed by atoms with Gasteiger partial charge in [-0.15, -0.1) is 11.3 Å². The molecular formula is C59H38S. The summed E-state index contributed by atoms with van der Waals surface area (Å²) in [5.41, 5.74) is 13.0. The second kappa shape index (κ2) is 12.5. The van der Waals surface area contributed by atoms with Gasteiger partial charge in [0.1, 0.15) is 0 Å². The summed E-state index contributed by atoms with van der Waals surface area (Å²) in [4.78, 5) is 0. The van der Waals surface area contributed by atoms with Crippen molar-refractivity contribution in [3.63, 3.8) is 0 Å². The van der Waals surface area contributed by atoms with Crippen molar-refractivity contribution in [3.8, 4) is 44.5 Å². The van der Waals surface area contributed by atoms with Crippen molar-refractivity contribution in [3.05, 3.63) is 205 Å². The lowest BCUT2D eigenvalue weighted by atomic mass is 9.81. The summed E-state index contributed by atoms with van der Waals surface area (Å²) in [5, 5.41) is 15.7. The monoisotopic (exact) mass is 778 g/mol. The average molecular weight is 779 g/mol. The summed E-state index contributed by atoms with van der Waals surface area (Å²) in [5.74, 6) is 0. The van der Waals surface area contributed by atoms with E-state index in [-0.39, 0.29) is 5.41 Å². The van der Waals surface area contributed by atoms with Gasteiger partial charge in [-0.05, 0) is 128 Å². The smallest absolute Gasteiger partial charge is 0.0440 e. The second-order valence-corrected chi connectivity index (χ2v) is 18.2. The summed E-state index contributed by atoms with van der Waals surface area (Å²) < 4.78 is 2.71. The maximum Gasteiger partial charge on any atom is 0.0440 e. The summed E-state index contributed by atoms with van der Waals surface area (Å²) in [6, 6.07) is 73.0. The van der Waals surface area contributed by atoms with Crippen molar-refractivity contribution < 1.29 is 0 Å². The molecule has 1 aliphatic carbocycles. The Kier molecular flexibility index (Phi) is 7.04. The van der Waals surface area contributed by atoms with Crippen LogP contribution >= 0.6 is 11.3 Å². The van der Waals surface area contributed by atoms with Gasteiger partial charge in [0.15, 0.2) is 0 Å². The maximum absolute atomic E-state index is 2.45. The first-order valence-corrected chi connectivity index (χ1v) is 21.8. The molecule has 0 atom stereocenters. The van der Waals surface area contributed by atoms with Gasteiger partial charge in [0.25, 0.3) is 0 Å². The van der Waals surface area contributed by atoms with Gasteiger partial charge >= 0.3 is 0 Å². The standard InChI is InChI=1S/C59H38S/c1-59(2)52-22-12-11-16-42(52)50-33-40(28-30-53(50)59)56-46-20-9-7-18-44(46)55(45-19-8-10-21-47(45)56)36-25-23-35(24-26-36)39-27-29-48-49(31-39)41-15-5-6-17-43(41)57-51-32-37-13-3-4-14-38(37)34-54(51)60-58(48)57/h3-34H,1-2H3. The molecule has 0 nitrogen and oxygen atoms in total. The Morgan fingerprint density at radius 1 is 0.333 bits per heavy atom. The van der Waals surface area contributed by atoms with Gasteiger partial charge in [-0.3, -0.25) is 0 Å². The number of benzene rings is 11. The fourth-order valence-corrected chi connectivity index (χ4v) is 12.1. The van der Waals surface area contributed by atoms with Crippen LogP contribution in [0.15, 0.2) is 194 Å². The van der Waals surface area contributed by atoms with Crippen LogP contribution < -0.4 is 0 Å². The molecule has 0 spiro atoms. The van der Waals surface area contributed by atoms with Crippen LogP contribution in [0.25, 0.3) is 119 Å². The fourth-order valence-electron chi connectivity index (χ4n) is 10.8. The van der Waals surface area contributed by atoms with Gasteiger partial charge in [-0.25, -0.2) is 0 Å². The maximum atomic E-state index is 2.45. The van der Waals surface area contributed by atoms with Crippen LogP contribution in [0.2, 0.25) is 0 Å². The molecule has 0 unspecified atom stereocenters. The van der Waals surface area contributed by atoms with Crippen LogP contribution in [0.1, 0.15) is 25.0 Å². The minimum atomic E-state index is -0.0210. The highest BCUT2D eigenvalue weighted by Gasteiger charge is 2.35. The van der Waals surface area contributed by atoms with Crippen molar-refractivity contribution in [2.24, 2.45) is 0 Å². The molecule has 0 saturated carbocycles. The highest BCUT2D eigenvalue weighted by Crippen LogP contribution is 2.52. The number of rotatable bonds is 3. The molecule has 12 aromatic rings. The lowest BCUT2D eigenvalue weighted by Crippen LogP contribution is -2.14. The minimum Gasteiger partial charge on any atom is -0.134 e. The zero-order valence-electron chi connectivity index (χ0n) is 33.4.